The van der Waals surface area contributed by atoms with Crippen molar-refractivity contribution in [2.45, 2.75) is 18.3 Å². The molecule has 1 unspecified atom stereocenters. The minimum atomic E-state index is -0.0593. The first kappa shape index (κ1) is 12.7. The number of carbonyl (C=O) groups excluding carboxylic acids is 1. The third-order valence-corrected chi connectivity index (χ3v) is 4.27. The molecule has 4 rings (SSSR count). The Balaban J connectivity index is 1.73. The van der Waals surface area contributed by atoms with Crippen LogP contribution in [0.1, 0.15) is 12.0 Å². The van der Waals surface area contributed by atoms with Gasteiger partial charge in [0.15, 0.2) is 0 Å². The maximum atomic E-state index is 11.8. The fourth-order valence-corrected chi connectivity index (χ4v) is 3.27. The molecule has 2 heterocycles. The van der Waals surface area contributed by atoms with E-state index in [0.717, 1.165) is 27.5 Å². The molecule has 0 bridgehead atoms. The molecule has 1 amide bonds. The number of hydrogen-bond acceptors (Lipinski definition) is 2. The highest BCUT2D eigenvalue weighted by atomic mass is 35.5. The minimum Gasteiger partial charge on any atom is -0.456 e. The molecule has 1 fully saturated rings. The van der Waals surface area contributed by atoms with Gasteiger partial charge in [0.05, 0.1) is 5.38 Å². The average molecular weight is 300 g/mol. The van der Waals surface area contributed by atoms with Gasteiger partial charge in [0.2, 0.25) is 5.91 Å². The highest BCUT2D eigenvalue weighted by molar-refractivity contribution is 6.22. The van der Waals surface area contributed by atoms with E-state index < -0.39 is 0 Å². The van der Waals surface area contributed by atoms with E-state index in [1.54, 1.807) is 0 Å². The number of hydrogen-bond donors (Lipinski definition) is 0. The molecule has 21 heavy (non-hydrogen) atoms. The first-order chi connectivity index (χ1) is 10.2. The third-order valence-electron chi connectivity index (χ3n) is 3.98. The first-order valence-corrected chi connectivity index (χ1v) is 7.46. The molecule has 0 radical (unpaired) electrons. The van der Waals surface area contributed by atoms with Gasteiger partial charge in [-0.05, 0) is 23.8 Å². The number of amides is 1. The molecule has 106 valence electrons. The Bertz CT molecular complexity index is 839. The van der Waals surface area contributed by atoms with Crippen LogP contribution in [-0.2, 0) is 11.3 Å². The lowest BCUT2D eigenvalue weighted by Crippen LogP contribution is -2.24. The lowest BCUT2D eigenvalue weighted by Gasteiger charge is -2.15. The summed E-state index contributed by atoms with van der Waals surface area (Å²) in [4.78, 5) is 13.7. The van der Waals surface area contributed by atoms with Crippen LogP contribution in [0.2, 0.25) is 0 Å². The van der Waals surface area contributed by atoms with Crippen LogP contribution in [-0.4, -0.2) is 22.7 Å². The normalized spacial score (nSPS) is 19.0. The number of carbonyl (C=O) groups is 1. The summed E-state index contributed by atoms with van der Waals surface area (Å²) >= 11 is 6.05. The summed E-state index contributed by atoms with van der Waals surface area (Å²) in [5, 5.41) is 2.14. The molecule has 4 heteroatoms. The van der Waals surface area contributed by atoms with Crippen molar-refractivity contribution in [2.24, 2.45) is 0 Å². The number of alkyl halides is 1. The topological polar surface area (TPSA) is 33.5 Å². The summed E-state index contributed by atoms with van der Waals surface area (Å²) in [5.41, 5.74) is 2.87. The molecule has 3 nitrogen and oxygen atoms in total. The van der Waals surface area contributed by atoms with Crippen LogP contribution in [0.25, 0.3) is 21.9 Å². The lowest BCUT2D eigenvalue weighted by atomic mass is 10.1. The van der Waals surface area contributed by atoms with Gasteiger partial charge in [-0.1, -0.05) is 24.3 Å². The molecule has 0 aliphatic carbocycles. The van der Waals surface area contributed by atoms with Crippen molar-refractivity contribution in [3.05, 3.63) is 48.0 Å². The van der Waals surface area contributed by atoms with E-state index in [0.29, 0.717) is 19.5 Å². The molecule has 1 aliphatic rings. The van der Waals surface area contributed by atoms with E-state index in [1.807, 2.05) is 35.2 Å². The fourth-order valence-electron chi connectivity index (χ4n) is 2.97. The zero-order valence-corrected chi connectivity index (χ0v) is 12.1. The summed E-state index contributed by atoms with van der Waals surface area (Å²) < 4.78 is 5.81. The van der Waals surface area contributed by atoms with Crippen LogP contribution in [0, 0.1) is 0 Å². The Morgan fingerprint density at radius 2 is 1.95 bits per heavy atom. The molecular formula is C17H14ClNO2. The number of rotatable bonds is 2. The maximum absolute atomic E-state index is 11.8. The number of halogens is 1. The van der Waals surface area contributed by atoms with Crippen molar-refractivity contribution in [3.8, 4) is 0 Å². The van der Waals surface area contributed by atoms with Gasteiger partial charge in [-0.2, -0.15) is 0 Å². The fraction of sp³-hybridized carbons (Fsp3) is 0.235. The minimum absolute atomic E-state index is 0.0593. The van der Waals surface area contributed by atoms with Crippen LogP contribution in [0.3, 0.4) is 0 Å². The Kier molecular flexibility index (Phi) is 2.89. The number of fused-ring (bicyclic) bond motifs is 3. The average Bonchev–Trinajstić information content (AvgIpc) is 2.99. The van der Waals surface area contributed by atoms with Crippen LogP contribution < -0.4 is 0 Å². The van der Waals surface area contributed by atoms with Crippen LogP contribution in [0.5, 0.6) is 0 Å². The van der Waals surface area contributed by atoms with E-state index in [4.69, 9.17) is 16.0 Å². The SMILES string of the molecule is O=C1CC(Cl)CN1Cc1ccc2oc3ccccc3c2c1. The second-order valence-corrected chi connectivity index (χ2v) is 6.12. The largest absolute Gasteiger partial charge is 0.456 e. The Morgan fingerprint density at radius 3 is 2.76 bits per heavy atom. The third kappa shape index (κ3) is 2.18. The second-order valence-electron chi connectivity index (χ2n) is 5.50. The Hall–Kier alpha value is -2.00. The maximum Gasteiger partial charge on any atom is 0.224 e. The summed E-state index contributed by atoms with van der Waals surface area (Å²) in [5.74, 6) is 0.132. The Morgan fingerprint density at radius 1 is 1.14 bits per heavy atom. The van der Waals surface area contributed by atoms with Crippen LogP contribution in [0.15, 0.2) is 46.9 Å². The van der Waals surface area contributed by atoms with E-state index >= 15 is 0 Å². The first-order valence-electron chi connectivity index (χ1n) is 7.03. The number of furan rings is 1. The van der Waals surface area contributed by atoms with Gasteiger partial charge in [-0.25, -0.2) is 0 Å². The summed E-state index contributed by atoms with van der Waals surface area (Å²) in [6, 6.07) is 14.1. The second kappa shape index (κ2) is 4.78. The molecule has 1 atom stereocenters. The van der Waals surface area contributed by atoms with Crippen molar-refractivity contribution >= 4 is 39.4 Å². The highest BCUT2D eigenvalue weighted by Crippen LogP contribution is 2.30. The van der Waals surface area contributed by atoms with Gasteiger partial charge in [0.25, 0.3) is 0 Å². The summed E-state index contributed by atoms with van der Waals surface area (Å²) in [6.07, 6.45) is 0.443. The predicted octanol–water partition coefficient (Wildman–Crippen LogP) is 3.93. The molecule has 0 saturated carbocycles. The molecule has 1 aromatic heterocycles. The van der Waals surface area contributed by atoms with Crippen molar-refractivity contribution in [3.63, 3.8) is 0 Å². The standard InChI is InChI=1S/C17H14ClNO2/c18-12-8-17(20)19(10-12)9-11-5-6-16-14(7-11)13-3-1-2-4-15(13)21-16/h1-7,12H,8-10H2. The van der Waals surface area contributed by atoms with Crippen molar-refractivity contribution < 1.29 is 9.21 Å². The summed E-state index contributed by atoms with van der Waals surface area (Å²) in [6.45, 7) is 1.24. The van der Waals surface area contributed by atoms with Gasteiger partial charge in [0.1, 0.15) is 11.2 Å². The lowest BCUT2D eigenvalue weighted by molar-refractivity contribution is -0.128. The molecule has 0 N–H and O–H groups in total. The van der Waals surface area contributed by atoms with E-state index in [9.17, 15) is 4.79 Å². The predicted molar refractivity (Wildman–Crippen MR) is 83.4 cm³/mol. The van der Waals surface area contributed by atoms with Crippen molar-refractivity contribution in [1.82, 2.24) is 4.90 Å². The van der Waals surface area contributed by atoms with Crippen LogP contribution >= 0.6 is 11.6 Å². The van der Waals surface area contributed by atoms with E-state index in [2.05, 4.69) is 12.1 Å². The van der Waals surface area contributed by atoms with Crippen molar-refractivity contribution in [1.29, 1.82) is 0 Å². The molecule has 3 aromatic rings. The molecule has 1 aliphatic heterocycles. The van der Waals surface area contributed by atoms with Gasteiger partial charge >= 0.3 is 0 Å². The summed E-state index contributed by atoms with van der Waals surface area (Å²) in [7, 11) is 0. The van der Waals surface area contributed by atoms with Gasteiger partial charge in [-0.3, -0.25) is 4.79 Å². The zero-order chi connectivity index (χ0) is 14.4. The number of para-hydroxylation sites is 1. The number of benzene rings is 2. The highest BCUT2D eigenvalue weighted by Gasteiger charge is 2.27. The number of likely N-dealkylation sites (tertiary alicyclic amines) is 1. The van der Waals surface area contributed by atoms with E-state index in [1.165, 1.54) is 0 Å². The van der Waals surface area contributed by atoms with Gasteiger partial charge in [-0.15, -0.1) is 11.6 Å². The molecule has 0 spiro atoms. The van der Waals surface area contributed by atoms with Gasteiger partial charge < -0.3 is 9.32 Å². The Labute approximate surface area is 127 Å². The quantitative estimate of drug-likeness (QED) is 0.672. The zero-order valence-electron chi connectivity index (χ0n) is 11.4. The van der Waals surface area contributed by atoms with Gasteiger partial charge in [0, 0.05) is 30.3 Å². The monoisotopic (exact) mass is 299 g/mol. The smallest absolute Gasteiger partial charge is 0.224 e. The molecular weight excluding hydrogens is 286 g/mol. The van der Waals surface area contributed by atoms with E-state index in [-0.39, 0.29) is 11.3 Å². The number of nitrogens with zero attached hydrogens (tertiary/aromatic N) is 1. The molecule has 2 aromatic carbocycles. The molecule has 1 saturated heterocycles. The van der Waals surface area contributed by atoms with Crippen LogP contribution in [0.4, 0.5) is 0 Å². The van der Waals surface area contributed by atoms with Crippen molar-refractivity contribution in [2.75, 3.05) is 6.54 Å².